The summed E-state index contributed by atoms with van der Waals surface area (Å²) in [7, 11) is -9.60. The van der Waals surface area contributed by atoms with E-state index in [9.17, 15) is 0 Å². The Balaban J connectivity index is 2.11. The number of fused-ring (bicyclic) bond motifs is 1. The monoisotopic (exact) mass is 1090 g/mol. The molecule has 0 aromatic rings. The zero-order valence-corrected chi connectivity index (χ0v) is 57.7. The molecule has 0 aromatic carbocycles. The first kappa shape index (κ1) is 66.4. The Labute approximate surface area is 455 Å². The van der Waals surface area contributed by atoms with Crippen molar-refractivity contribution in [2.24, 2.45) is 23.2 Å². The fourth-order valence-corrected chi connectivity index (χ4v) is 25.6. The Kier molecular flexibility index (Phi) is 24.3. The normalized spacial score (nSPS) is 25.6. The highest BCUT2D eigenvalue weighted by molar-refractivity contribution is 6.75. The third-order valence-corrected chi connectivity index (χ3v) is 44.8. The van der Waals surface area contributed by atoms with Gasteiger partial charge in [0.1, 0.15) is 0 Å². The largest absolute Gasteiger partial charge is 0.413 e. The Morgan fingerprint density at radius 1 is 0.639 bits per heavy atom. The minimum absolute atomic E-state index is 0.0000253. The van der Waals surface area contributed by atoms with Gasteiger partial charge in [-0.15, -0.1) is 0 Å². The van der Waals surface area contributed by atoms with Crippen LogP contribution in [0.2, 0.25) is 90.7 Å². The molecule has 3 rings (SSSR count). The van der Waals surface area contributed by atoms with Crippen molar-refractivity contribution in [1.29, 1.82) is 0 Å². The molecule has 3 aliphatic rings. The summed E-state index contributed by atoms with van der Waals surface area (Å²) in [6.07, 6.45) is 19.6. The molecule has 0 spiro atoms. The van der Waals surface area contributed by atoms with Crippen LogP contribution in [0.1, 0.15) is 216 Å². The molecule has 0 aromatic heterocycles. The molecular formula is C62H124O5Si5. The van der Waals surface area contributed by atoms with Crippen LogP contribution in [0.4, 0.5) is 0 Å². The average molecular weight is 1090 g/mol. The van der Waals surface area contributed by atoms with Gasteiger partial charge in [-0.3, -0.25) is 0 Å². The van der Waals surface area contributed by atoms with Gasteiger partial charge < -0.3 is 22.1 Å². The van der Waals surface area contributed by atoms with Crippen LogP contribution in [-0.2, 0) is 22.1 Å². The van der Waals surface area contributed by atoms with Gasteiger partial charge in [0, 0.05) is 6.42 Å². The van der Waals surface area contributed by atoms with Crippen molar-refractivity contribution >= 4 is 41.6 Å². The second-order valence-corrected chi connectivity index (χ2v) is 52.1. The zero-order chi connectivity index (χ0) is 55.0. The molecule has 0 aliphatic heterocycles. The van der Waals surface area contributed by atoms with Gasteiger partial charge in [0.15, 0.2) is 41.6 Å². The molecule has 3 unspecified atom stereocenters. The SMILES string of the molecule is C=C1/C(=C\C=C2/CCC[C@@]3(C)C2CCC3[C@@H](CCCC(C)(C)O[Si](CC)(CC)CC)CCC(O[Si](CC)(CC)CC)C(C)(C)O[Si](CC)(CC)CC)C[C@@H](O[Si](C)(C)C(C)(C)C)C[C@@H]1O[Si](C)(C)C(C)(C)C. The van der Waals surface area contributed by atoms with Crippen molar-refractivity contribution in [3.63, 3.8) is 0 Å². The standard InChI is InChI=1S/C62H124O5Si5/c1-26-70(27-2,28-3)65-57(61(19,20)67-72(32-7,33-8)34-9)44-41-51(37-35-45-60(17,18)66-71(29-4,30-5)31-6)55-43-42-54-50(38-36-46-62(54,55)21)39-40-52-47-53(63-68(22,23)58(11,12)13)48-56(49(52)10)64-69(24,25)59(14,15)16/h39-40,51,53-57H,10,26-38,41-48H2,1-9,11-25H3/b50-39+,52-40-/t51-,53+,54?,55?,56-,57?,62-/m0/s1. The topological polar surface area (TPSA) is 46.2 Å². The minimum atomic E-state index is -2.05. The van der Waals surface area contributed by atoms with Crippen molar-refractivity contribution in [2.75, 3.05) is 0 Å². The lowest BCUT2D eigenvalue weighted by atomic mass is 9.60. The lowest BCUT2D eigenvalue weighted by Crippen LogP contribution is -2.54. The summed E-state index contributed by atoms with van der Waals surface area (Å²) in [5, 5.41) is 0.282. The van der Waals surface area contributed by atoms with E-state index in [-0.39, 0.29) is 45.0 Å². The van der Waals surface area contributed by atoms with E-state index >= 15 is 0 Å². The molecule has 10 heteroatoms. The maximum atomic E-state index is 7.73. The molecule has 0 heterocycles. The van der Waals surface area contributed by atoms with E-state index in [2.05, 4.69) is 177 Å². The molecule has 3 fully saturated rings. The summed E-state index contributed by atoms with van der Waals surface area (Å²) in [6, 6.07) is 10.7. The van der Waals surface area contributed by atoms with Crippen molar-refractivity contribution in [3.05, 3.63) is 35.5 Å². The fraction of sp³-hybridized carbons (Fsp3) is 0.903. The van der Waals surface area contributed by atoms with Crippen LogP contribution in [0.15, 0.2) is 35.5 Å². The molecule has 7 atom stereocenters. The summed E-state index contributed by atoms with van der Waals surface area (Å²) in [4.78, 5) is 0. The van der Waals surface area contributed by atoms with E-state index in [1.54, 1.807) is 5.57 Å². The van der Waals surface area contributed by atoms with Gasteiger partial charge in [-0.05, 0) is 210 Å². The smallest absolute Gasteiger partial charge is 0.192 e. The second-order valence-electron chi connectivity index (χ2n) is 28.5. The number of hydrogen-bond donors (Lipinski definition) is 0. The van der Waals surface area contributed by atoms with Crippen LogP contribution in [0, 0.1) is 23.2 Å². The maximum absolute atomic E-state index is 7.73. The molecule has 0 saturated heterocycles. The molecule has 0 N–H and O–H groups in total. The summed E-state index contributed by atoms with van der Waals surface area (Å²) >= 11 is 0. The van der Waals surface area contributed by atoms with Gasteiger partial charge in [-0.1, -0.05) is 148 Å². The van der Waals surface area contributed by atoms with E-state index in [4.69, 9.17) is 28.7 Å². The Morgan fingerprint density at radius 3 is 1.64 bits per heavy atom. The van der Waals surface area contributed by atoms with Crippen LogP contribution >= 0.6 is 0 Å². The van der Waals surface area contributed by atoms with Gasteiger partial charge in [0.05, 0.1) is 29.5 Å². The van der Waals surface area contributed by atoms with Crippen LogP contribution in [0.5, 0.6) is 0 Å². The molecule has 3 aliphatic carbocycles. The van der Waals surface area contributed by atoms with Gasteiger partial charge in [0.2, 0.25) is 0 Å². The molecule has 72 heavy (non-hydrogen) atoms. The third kappa shape index (κ3) is 16.3. The van der Waals surface area contributed by atoms with Crippen molar-refractivity contribution in [1.82, 2.24) is 0 Å². The maximum Gasteiger partial charge on any atom is 0.192 e. The number of hydrogen-bond acceptors (Lipinski definition) is 5. The molecule has 0 bridgehead atoms. The minimum Gasteiger partial charge on any atom is -0.413 e. The molecular weight excluding hydrogens is 965 g/mol. The van der Waals surface area contributed by atoms with E-state index in [1.807, 2.05) is 0 Å². The summed E-state index contributed by atoms with van der Waals surface area (Å²) in [6.45, 7) is 62.6. The summed E-state index contributed by atoms with van der Waals surface area (Å²) in [5.41, 5.74) is 4.12. The number of rotatable bonds is 29. The Morgan fingerprint density at radius 2 is 1.14 bits per heavy atom. The molecule has 0 amide bonds. The van der Waals surface area contributed by atoms with Gasteiger partial charge in [-0.25, -0.2) is 0 Å². The molecule has 422 valence electrons. The highest BCUT2D eigenvalue weighted by Crippen LogP contribution is 2.61. The summed E-state index contributed by atoms with van der Waals surface area (Å²) in [5.74, 6) is 1.96. The van der Waals surface area contributed by atoms with Gasteiger partial charge >= 0.3 is 0 Å². The van der Waals surface area contributed by atoms with Crippen LogP contribution in [-0.4, -0.2) is 71.1 Å². The Bertz CT molecular complexity index is 1720. The predicted octanol–water partition coefficient (Wildman–Crippen LogP) is 20.7. The third-order valence-electron chi connectivity index (χ3n) is 21.4. The predicted molar refractivity (Wildman–Crippen MR) is 330 cm³/mol. The van der Waals surface area contributed by atoms with Crippen LogP contribution < -0.4 is 0 Å². The first-order valence-electron chi connectivity index (χ1n) is 30.7. The molecule has 5 nitrogen and oxygen atoms in total. The Hall–Kier alpha value is 0.104. The lowest BCUT2D eigenvalue weighted by Gasteiger charge is -2.48. The average Bonchev–Trinajstić information content (AvgIpc) is 3.66. The second kappa shape index (κ2) is 26.4. The van der Waals surface area contributed by atoms with Crippen molar-refractivity contribution < 1.29 is 22.1 Å². The van der Waals surface area contributed by atoms with Crippen LogP contribution in [0.3, 0.4) is 0 Å². The highest BCUT2D eigenvalue weighted by Gasteiger charge is 2.53. The summed E-state index contributed by atoms with van der Waals surface area (Å²) < 4.78 is 37.1. The first-order valence-corrected chi connectivity index (χ1v) is 44.1. The van der Waals surface area contributed by atoms with Crippen molar-refractivity contribution in [2.45, 2.75) is 336 Å². The van der Waals surface area contributed by atoms with E-state index in [0.717, 1.165) is 25.7 Å². The molecule has 3 saturated carbocycles. The quantitative estimate of drug-likeness (QED) is 0.0699. The van der Waals surface area contributed by atoms with Crippen LogP contribution in [0.25, 0.3) is 0 Å². The first-order chi connectivity index (χ1) is 33.1. The van der Waals surface area contributed by atoms with E-state index in [0.29, 0.717) is 17.8 Å². The zero-order valence-electron chi connectivity index (χ0n) is 52.7. The van der Waals surface area contributed by atoms with Gasteiger partial charge in [0.25, 0.3) is 0 Å². The number of allylic oxidation sites excluding steroid dienone is 3. The van der Waals surface area contributed by atoms with Gasteiger partial charge in [-0.2, -0.15) is 0 Å². The molecule has 0 radical (unpaired) electrons. The fourth-order valence-electron chi connectivity index (χ4n) is 13.6. The van der Waals surface area contributed by atoms with E-state index < -0.39 is 41.6 Å². The van der Waals surface area contributed by atoms with E-state index in [1.165, 1.54) is 117 Å². The van der Waals surface area contributed by atoms with Crippen molar-refractivity contribution in [3.8, 4) is 0 Å². The highest BCUT2D eigenvalue weighted by atomic mass is 28.4. The lowest BCUT2D eigenvalue weighted by molar-refractivity contribution is -0.0376.